The second kappa shape index (κ2) is 5.09. The number of benzene rings is 2. The highest BCUT2D eigenvalue weighted by Gasteiger charge is 2.22. The van der Waals surface area contributed by atoms with Crippen molar-refractivity contribution in [3.05, 3.63) is 59.9 Å². The highest BCUT2D eigenvalue weighted by Crippen LogP contribution is 2.34. The number of rotatable bonds is 2. The summed E-state index contributed by atoms with van der Waals surface area (Å²) in [5.41, 5.74) is 1.52. The van der Waals surface area contributed by atoms with Gasteiger partial charge in [0.1, 0.15) is 5.75 Å². The van der Waals surface area contributed by atoms with Crippen molar-refractivity contribution in [2.24, 2.45) is 0 Å². The van der Waals surface area contributed by atoms with Gasteiger partial charge in [-0.3, -0.25) is 4.79 Å². The Morgan fingerprint density at radius 2 is 1.95 bits per heavy atom. The van der Waals surface area contributed by atoms with Crippen LogP contribution in [0.15, 0.2) is 54.3 Å². The van der Waals surface area contributed by atoms with Crippen molar-refractivity contribution in [3.8, 4) is 11.5 Å². The molecule has 1 amide bonds. The number of hydrogen-bond donors (Lipinski definition) is 1. The number of carbonyl (C=O) groups is 1. The molecular weight excluding hydrogens is 254 g/mol. The minimum absolute atomic E-state index is 0.269. The van der Waals surface area contributed by atoms with Crippen molar-refractivity contribution in [2.75, 3.05) is 12.4 Å². The van der Waals surface area contributed by atoms with Crippen LogP contribution in [-0.2, 0) is 4.79 Å². The lowest BCUT2D eigenvalue weighted by atomic mass is 10.2. The van der Waals surface area contributed by atoms with Gasteiger partial charge in [-0.25, -0.2) is 0 Å². The molecule has 3 rings (SSSR count). The van der Waals surface area contributed by atoms with E-state index in [0.717, 1.165) is 5.56 Å². The lowest BCUT2D eigenvalue weighted by Crippen LogP contribution is -2.23. The molecule has 1 N–H and O–H groups in total. The van der Waals surface area contributed by atoms with Crippen LogP contribution in [0.25, 0.3) is 6.08 Å². The first-order valence-corrected chi connectivity index (χ1v) is 6.20. The molecule has 2 aromatic carbocycles. The number of carbonyl (C=O) groups excluding carboxylic acids is 1. The Kier molecular flexibility index (Phi) is 3.13. The molecule has 1 aliphatic heterocycles. The summed E-state index contributed by atoms with van der Waals surface area (Å²) >= 11 is 0. The molecule has 0 aliphatic carbocycles. The average molecular weight is 267 g/mol. The highest BCUT2D eigenvalue weighted by molar-refractivity contribution is 6.08. The van der Waals surface area contributed by atoms with Gasteiger partial charge in [0.05, 0.1) is 12.8 Å². The number of amides is 1. The van der Waals surface area contributed by atoms with E-state index in [4.69, 9.17) is 9.47 Å². The SMILES string of the molecule is COc1ccc2c(c1)NC(=O)/C(=C\c1ccccc1)O2. The summed E-state index contributed by atoms with van der Waals surface area (Å²) in [6.45, 7) is 0. The maximum Gasteiger partial charge on any atom is 0.291 e. The first-order valence-electron chi connectivity index (χ1n) is 6.20. The topological polar surface area (TPSA) is 47.6 Å². The monoisotopic (exact) mass is 267 g/mol. The van der Waals surface area contributed by atoms with Gasteiger partial charge in [-0.15, -0.1) is 0 Å². The lowest BCUT2D eigenvalue weighted by Gasteiger charge is -2.20. The van der Waals surface area contributed by atoms with Crippen LogP contribution in [0.2, 0.25) is 0 Å². The third kappa shape index (κ3) is 2.36. The van der Waals surface area contributed by atoms with E-state index in [1.54, 1.807) is 31.4 Å². The standard InChI is InChI=1S/C16H13NO3/c1-19-12-7-8-14-13(10-12)17-16(18)15(20-14)9-11-5-3-2-4-6-11/h2-10H,1H3,(H,17,18)/b15-9+. The fourth-order valence-electron chi connectivity index (χ4n) is 1.97. The van der Waals surface area contributed by atoms with Crippen molar-refractivity contribution >= 4 is 17.7 Å². The minimum Gasteiger partial charge on any atom is -0.497 e. The largest absolute Gasteiger partial charge is 0.497 e. The van der Waals surface area contributed by atoms with Gasteiger partial charge in [-0.2, -0.15) is 0 Å². The summed E-state index contributed by atoms with van der Waals surface area (Å²) in [6, 6.07) is 14.8. The predicted molar refractivity (Wildman–Crippen MR) is 76.7 cm³/mol. The van der Waals surface area contributed by atoms with Gasteiger partial charge in [0.2, 0.25) is 0 Å². The van der Waals surface area contributed by atoms with Gasteiger partial charge in [0, 0.05) is 6.07 Å². The van der Waals surface area contributed by atoms with Crippen LogP contribution in [0.4, 0.5) is 5.69 Å². The van der Waals surface area contributed by atoms with Gasteiger partial charge in [-0.1, -0.05) is 30.3 Å². The molecule has 0 unspecified atom stereocenters. The highest BCUT2D eigenvalue weighted by atomic mass is 16.5. The van der Waals surface area contributed by atoms with Crippen LogP contribution in [0.1, 0.15) is 5.56 Å². The van der Waals surface area contributed by atoms with E-state index in [1.165, 1.54) is 0 Å². The smallest absolute Gasteiger partial charge is 0.291 e. The molecule has 20 heavy (non-hydrogen) atoms. The van der Waals surface area contributed by atoms with E-state index in [9.17, 15) is 4.79 Å². The molecule has 0 saturated carbocycles. The van der Waals surface area contributed by atoms with Gasteiger partial charge in [-0.05, 0) is 23.8 Å². The van der Waals surface area contributed by atoms with E-state index in [-0.39, 0.29) is 11.7 Å². The second-order valence-electron chi connectivity index (χ2n) is 4.34. The maximum absolute atomic E-state index is 12.0. The molecule has 0 bridgehead atoms. The first-order chi connectivity index (χ1) is 9.76. The zero-order valence-corrected chi connectivity index (χ0v) is 10.9. The fourth-order valence-corrected chi connectivity index (χ4v) is 1.97. The van der Waals surface area contributed by atoms with Gasteiger partial charge < -0.3 is 14.8 Å². The van der Waals surface area contributed by atoms with Crippen LogP contribution in [0.3, 0.4) is 0 Å². The molecule has 0 radical (unpaired) electrons. The molecule has 2 aromatic rings. The Balaban J connectivity index is 1.93. The van der Waals surface area contributed by atoms with Crippen molar-refractivity contribution < 1.29 is 14.3 Å². The number of nitrogens with one attached hydrogen (secondary N) is 1. The normalized spacial score (nSPS) is 15.2. The summed E-state index contributed by atoms with van der Waals surface area (Å²) in [4.78, 5) is 12.0. The van der Waals surface area contributed by atoms with E-state index in [1.807, 2.05) is 30.3 Å². The molecule has 0 spiro atoms. The Hall–Kier alpha value is -2.75. The molecule has 0 fully saturated rings. The average Bonchev–Trinajstić information content (AvgIpc) is 2.48. The predicted octanol–water partition coefficient (Wildman–Crippen LogP) is 3.07. The minimum atomic E-state index is -0.269. The van der Waals surface area contributed by atoms with Gasteiger partial charge in [0.25, 0.3) is 5.91 Å². The first kappa shape index (κ1) is 12.3. The van der Waals surface area contributed by atoms with Crippen molar-refractivity contribution in [1.29, 1.82) is 0 Å². The van der Waals surface area contributed by atoms with Crippen LogP contribution in [0.5, 0.6) is 11.5 Å². The number of ether oxygens (including phenoxy) is 2. The molecule has 4 heteroatoms. The van der Waals surface area contributed by atoms with Gasteiger partial charge >= 0.3 is 0 Å². The van der Waals surface area contributed by atoms with E-state index in [2.05, 4.69) is 5.32 Å². The molecule has 0 saturated heterocycles. The zero-order valence-electron chi connectivity index (χ0n) is 10.9. The Labute approximate surface area is 116 Å². The Bertz CT molecular complexity index is 677. The van der Waals surface area contributed by atoms with Crippen molar-refractivity contribution in [2.45, 2.75) is 0 Å². The number of methoxy groups -OCH3 is 1. The van der Waals surface area contributed by atoms with Gasteiger partial charge in [0.15, 0.2) is 11.5 Å². The second-order valence-corrected chi connectivity index (χ2v) is 4.34. The zero-order chi connectivity index (χ0) is 13.9. The molecule has 4 nitrogen and oxygen atoms in total. The van der Waals surface area contributed by atoms with Crippen LogP contribution in [0, 0.1) is 0 Å². The number of fused-ring (bicyclic) bond motifs is 1. The number of hydrogen-bond acceptors (Lipinski definition) is 3. The summed E-state index contributed by atoms with van der Waals surface area (Å²) in [5.74, 6) is 1.28. The Morgan fingerprint density at radius 3 is 2.70 bits per heavy atom. The molecule has 100 valence electrons. The fraction of sp³-hybridized carbons (Fsp3) is 0.0625. The van der Waals surface area contributed by atoms with Crippen molar-refractivity contribution in [3.63, 3.8) is 0 Å². The summed E-state index contributed by atoms with van der Waals surface area (Å²) in [7, 11) is 1.58. The molecule has 1 aliphatic rings. The molecule has 1 heterocycles. The molecule has 0 atom stereocenters. The quantitative estimate of drug-likeness (QED) is 0.851. The third-order valence-electron chi connectivity index (χ3n) is 2.98. The summed E-state index contributed by atoms with van der Waals surface area (Å²) in [6.07, 6.45) is 1.71. The van der Waals surface area contributed by atoms with Crippen LogP contribution in [-0.4, -0.2) is 13.0 Å². The van der Waals surface area contributed by atoms with E-state index >= 15 is 0 Å². The third-order valence-corrected chi connectivity index (χ3v) is 2.98. The van der Waals surface area contributed by atoms with Crippen molar-refractivity contribution in [1.82, 2.24) is 0 Å². The van der Waals surface area contributed by atoms with Crippen LogP contribution >= 0.6 is 0 Å². The molecular formula is C16H13NO3. The maximum atomic E-state index is 12.0. The van der Waals surface area contributed by atoms with E-state index in [0.29, 0.717) is 17.2 Å². The summed E-state index contributed by atoms with van der Waals surface area (Å²) < 4.78 is 10.8. The molecule has 0 aromatic heterocycles. The summed E-state index contributed by atoms with van der Waals surface area (Å²) in [5, 5.41) is 2.79. The van der Waals surface area contributed by atoms with E-state index < -0.39 is 0 Å². The van der Waals surface area contributed by atoms with Crippen LogP contribution < -0.4 is 14.8 Å². The lowest BCUT2D eigenvalue weighted by molar-refractivity contribution is -0.115. The Morgan fingerprint density at radius 1 is 1.15 bits per heavy atom. The number of anilines is 1.